The van der Waals surface area contributed by atoms with E-state index in [-0.39, 0.29) is 6.04 Å². The Morgan fingerprint density at radius 2 is 2.24 bits per heavy atom. The molecule has 1 fully saturated rings. The van der Waals surface area contributed by atoms with Gasteiger partial charge in [-0.15, -0.1) is 0 Å². The normalized spacial score (nSPS) is 15.3. The highest BCUT2D eigenvalue weighted by Crippen LogP contribution is 2.39. The van der Waals surface area contributed by atoms with E-state index in [4.69, 9.17) is 4.74 Å². The third-order valence-corrected chi connectivity index (χ3v) is 4.64. The van der Waals surface area contributed by atoms with Crippen LogP contribution in [0.3, 0.4) is 0 Å². The fourth-order valence-corrected chi connectivity index (χ4v) is 3.07. The van der Waals surface area contributed by atoms with Crippen molar-refractivity contribution in [2.24, 2.45) is 13.0 Å². The van der Waals surface area contributed by atoms with E-state index in [0.29, 0.717) is 17.4 Å². The average Bonchev–Trinajstić information content (AvgIpc) is 3.13. The van der Waals surface area contributed by atoms with E-state index in [1.165, 1.54) is 25.4 Å². The number of ether oxygens (including phenoxy) is 1. The van der Waals surface area contributed by atoms with E-state index < -0.39 is 0 Å². The fourth-order valence-electron chi connectivity index (χ4n) is 3.07. The van der Waals surface area contributed by atoms with Gasteiger partial charge in [0.2, 0.25) is 5.69 Å². The van der Waals surface area contributed by atoms with Crippen LogP contribution in [0.2, 0.25) is 0 Å². The molecule has 1 saturated carbocycles. The van der Waals surface area contributed by atoms with Crippen molar-refractivity contribution >= 4 is 0 Å². The van der Waals surface area contributed by atoms with E-state index in [0.717, 1.165) is 22.5 Å². The molecular weight excluding hydrogens is 320 g/mol. The second-order valence-electron chi connectivity index (χ2n) is 6.43. The maximum Gasteiger partial charge on any atom is 0.221 e. The summed E-state index contributed by atoms with van der Waals surface area (Å²) in [5.41, 5.74) is 1.51. The first kappa shape index (κ1) is 15.6. The van der Waals surface area contributed by atoms with Gasteiger partial charge in [0, 0.05) is 19.3 Å². The highest BCUT2D eigenvalue weighted by atomic mass is 16.5. The first-order valence-electron chi connectivity index (χ1n) is 8.31. The summed E-state index contributed by atoms with van der Waals surface area (Å²) in [6, 6.07) is 3.32. The minimum Gasteiger partial charge on any atom is -0.618 e. The van der Waals surface area contributed by atoms with Gasteiger partial charge in [-0.3, -0.25) is 4.68 Å². The van der Waals surface area contributed by atoms with E-state index in [1.54, 1.807) is 30.1 Å². The summed E-state index contributed by atoms with van der Waals surface area (Å²) in [5.74, 6) is 2.05. The smallest absolute Gasteiger partial charge is 0.221 e. The number of methoxy groups -OCH3 is 1. The molecule has 4 rings (SSSR count). The predicted molar refractivity (Wildman–Crippen MR) is 89.7 cm³/mol. The molecule has 130 valence electrons. The van der Waals surface area contributed by atoms with Crippen LogP contribution in [0.15, 0.2) is 37.1 Å². The maximum atomic E-state index is 12.4. The first-order chi connectivity index (χ1) is 12.2. The summed E-state index contributed by atoms with van der Waals surface area (Å²) < 4.78 is 9.75. The van der Waals surface area contributed by atoms with Crippen LogP contribution in [0.4, 0.5) is 0 Å². The molecule has 1 unspecified atom stereocenters. The molecule has 25 heavy (non-hydrogen) atoms. The first-order valence-corrected chi connectivity index (χ1v) is 8.31. The van der Waals surface area contributed by atoms with Crippen molar-refractivity contribution in [1.29, 1.82) is 0 Å². The number of rotatable bonds is 6. The molecule has 0 bridgehead atoms. The zero-order chi connectivity index (χ0) is 17.4. The number of hydrogen-bond acceptors (Lipinski definition) is 5. The van der Waals surface area contributed by atoms with Crippen LogP contribution in [0, 0.1) is 11.1 Å². The molecule has 1 atom stereocenters. The summed E-state index contributed by atoms with van der Waals surface area (Å²) in [5, 5.41) is 21.0. The van der Waals surface area contributed by atoms with Gasteiger partial charge in [-0.1, -0.05) is 12.8 Å². The number of hydrogen-bond donors (Lipinski definition) is 0. The summed E-state index contributed by atoms with van der Waals surface area (Å²) in [7, 11) is 3.44. The topological polar surface area (TPSA) is 84.7 Å². The summed E-state index contributed by atoms with van der Waals surface area (Å²) in [6.45, 7) is 0. The van der Waals surface area contributed by atoms with Gasteiger partial charge in [0.05, 0.1) is 24.9 Å². The van der Waals surface area contributed by atoms with Crippen molar-refractivity contribution < 1.29 is 9.47 Å². The number of nitrogens with zero attached hydrogens (tertiary/aromatic N) is 6. The Kier molecular flexibility index (Phi) is 3.87. The van der Waals surface area contributed by atoms with E-state index in [2.05, 4.69) is 15.2 Å². The standard InChI is InChI=1S/C17H20N6O2/c1-21-17(18-11-20-21)13-9-19-22(10-13)15(7-12-3-4-12)16-8-14(25-2)5-6-23(16)24/h5-6,8-12,15H,3-4,7H2,1-2H3. The number of aromatic nitrogens is 6. The average molecular weight is 340 g/mol. The van der Waals surface area contributed by atoms with Crippen LogP contribution >= 0.6 is 0 Å². The van der Waals surface area contributed by atoms with Gasteiger partial charge in [0.25, 0.3) is 0 Å². The van der Waals surface area contributed by atoms with Crippen LogP contribution in [0.1, 0.15) is 31.0 Å². The summed E-state index contributed by atoms with van der Waals surface area (Å²) in [6.07, 6.45) is 9.99. The highest BCUT2D eigenvalue weighted by Gasteiger charge is 2.32. The monoisotopic (exact) mass is 340 g/mol. The van der Waals surface area contributed by atoms with Crippen LogP contribution in [-0.2, 0) is 7.05 Å². The van der Waals surface area contributed by atoms with Crippen molar-refractivity contribution in [1.82, 2.24) is 24.5 Å². The Balaban J connectivity index is 1.73. The van der Waals surface area contributed by atoms with Crippen molar-refractivity contribution in [2.75, 3.05) is 7.11 Å². The number of aryl methyl sites for hydroxylation is 1. The molecule has 0 saturated heterocycles. The van der Waals surface area contributed by atoms with Gasteiger partial charge in [0.15, 0.2) is 12.0 Å². The van der Waals surface area contributed by atoms with Crippen molar-refractivity contribution in [2.45, 2.75) is 25.3 Å². The van der Waals surface area contributed by atoms with E-state index >= 15 is 0 Å². The Hall–Kier alpha value is -2.90. The lowest BCUT2D eigenvalue weighted by Gasteiger charge is -2.17. The van der Waals surface area contributed by atoms with Gasteiger partial charge in [-0.25, -0.2) is 9.67 Å². The molecule has 0 amide bonds. The molecule has 8 heteroatoms. The minimum absolute atomic E-state index is 0.137. The van der Waals surface area contributed by atoms with Gasteiger partial charge in [0.1, 0.15) is 18.1 Å². The Morgan fingerprint density at radius 1 is 1.40 bits per heavy atom. The Morgan fingerprint density at radius 3 is 2.92 bits per heavy atom. The van der Waals surface area contributed by atoms with Gasteiger partial charge < -0.3 is 9.94 Å². The van der Waals surface area contributed by atoms with Crippen LogP contribution in [0.5, 0.6) is 5.75 Å². The van der Waals surface area contributed by atoms with Gasteiger partial charge >= 0.3 is 0 Å². The fraction of sp³-hybridized carbons (Fsp3) is 0.412. The van der Waals surface area contributed by atoms with E-state index in [9.17, 15) is 5.21 Å². The molecule has 0 aliphatic heterocycles. The lowest BCUT2D eigenvalue weighted by molar-refractivity contribution is -0.616. The van der Waals surface area contributed by atoms with Crippen LogP contribution < -0.4 is 9.47 Å². The molecule has 0 aromatic carbocycles. The number of pyridine rings is 1. The predicted octanol–water partition coefficient (Wildman–Crippen LogP) is 1.71. The van der Waals surface area contributed by atoms with Crippen molar-refractivity contribution in [3.05, 3.63) is 48.0 Å². The SMILES string of the molecule is COc1cc[n+]([O-])c(C(CC2CC2)n2cc(-c3ncnn3C)cn2)c1. The van der Waals surface area contributed by atoms with Crippen LogP contribution in [0.25, 0.3) is 11.4 Å². The zero-order valence-corrected chi connectivity index (χ0v) is 14.2. The highest BCUT2D eigenvalue weighted by molar-refractivity contribution is 5.51. The Labute approximate surface area is 145 Å². The second kappa shape index (κ2) is 6.19. The van der Waals surface area contributed by atoms with Crippen LogP contribution in [-0.4, -0.2) is 31.7 Å². The molecule has 3 heterocycles. The molecule has 3 aromatic rings. The molecule has 1 aliphatic carbocycles. The summed E-state index contributed by atoms with van der Waals surface area (Å²) >= 11 is 0. The quantitative estimate of drug-likeness (QED) is 0.504. The molecule has 3 aromatic heterocycles. The minimum atomic E-state index is -0.137. The maximum absolute atomic E-state index is 12.4. The van der Waals surface area contributed by atoms with Crippen molar-refractivity contribution in [3.63, 3.8) is 0 Å². The Bertz CT molecular complexity index is 883. The van der Waals surface area contributed by atoms with E-state index in [1.807, 2.05) is 17.9 Å². The summed E-state index contributed by atoms with van der Waals surface area (Å²) in [4.78, 5) is 4.26. The molecule has 8 nitrogen and oxygen atoms in total. The second-order valence-corrected chi connectivity index (χ2v) is 6.43. The van der Waals surface area contributed by atoms with Gasteiger partial charge in [-0.2, -0.15) is 14.9 Å². The molecule has 0 N–H and O–H groups in total. The molecule has 0 radical (unpaired) electrons. The lowest BCUT2D eigenvalue weighted by atomic mass is 10.1. The lowest BCUT2D eigenvalue weighted by Crippen LogP contribution is -2.35. The van der Waals surface area contributed by atoms with Crippen molar-refractivity contribution in [3.8, 4) is 17.1 Å². The molecule has 0 spiro atoms. The zero-order valence-electron chi connectivity index (χ0n) is 14.2. The molecule has 1 aliphatic rings. The third kappa shape index (κ3) is 3.07. The largest absolute Gasteiger partial charge is 0.618 e. The van der Waals surface area contributed by atoms with Gasteiger partial charge in [-0.05, 0) is 12.3 Å². The third-order valence-electron chi connectivity index (χ3n) is 4.64. The molecular formula is C17H20N6O2.